The molecule has 0 aromatic heterocycles. The zero-order valence-corrected chi connectivity index (χ0v) is 11.4. The Morgan fingerprint density at radius 2 is 2.06 bits per heavy atom. The van der Waals surface area contributed by atoms with Crippen molar-refractivity contribution in [3.63, 3.8) is 0 Å². The maximum atomic E-state index is 11.8. The van der Waals surface area contributed by atoms with Gasteiger partial charge in [0.25, 0.3) is 0 Å². The molecule has 0 fully saturated rings. The number of carbonyl (C=O) groups excluding carboxylic acids is 1. The summed E-state index contributed by atoms with van der Waals surface area (Å²) in [5.41, 5.74) is 2.35. The van der Waals surface area contributed by atoms with E-state index in [9.17, 15) is 9.90 Å². The minimum Gasteiger partial charge on any atom is -0.508 e. The monoisotopic (exact) mass is 251 g/mol. The highest BCUT2D eigenvalue weighted by Crippen LogP contribution is 2.25. The number of ether oxygens (including phenoxy) is 1. The van der Waals surface area contributed by atoms with Gasteiger partial charge in [0, 0.05) is 19.2 Å². The number of benzene rings is 1. The van der Waals surface area contributed by atoms with E-state index in [1.165, 1.54) is 0 Å². The van der Waals surface area contributed by atoms with Crippen LogP contribution in [0.25, 0.3) is 0 Å². The zero-order chi connectivity index (χ0) is 13.7. The Labute approximate surface area is 108 Å². The van der Waals surface area contributed by atoms with Gasteiger partial charge in [-0.15, -0.1) is 0 Å². The Hall–Kier alpha value is -1.55. The van der Waals surface area contributed by atoms with Crippen LogP contribution < -0.4 is 5.32 Å². The smallest absolute Gasteiger partial charge is 0.224 e. The quantitative estimate of drug-likeness (QED) is 0.791. The molecule has 0 bridgehead atoms. The number of rotatable bonds is 5. The summed E-state index contributed by atoms with van der Waals surface area (Å²) in [5, 5.41) is 12.4. The van der Waals surface area contributed by atoms with E-state index in [1.54, 1.807) is 26.2 Å². The Bertz CT molecular complexity index is 429. The van der Waals surface area contributed by atoms with Crippen LogP contribution in [0.15, 0.2) is 12.1 Å². The molecule has 0 radical (unpaired) electrons. The lowest BCUT2D eigenvalue weighted by Gasteiger charge is -2.12. The number of hydrogen-bond donors (Lipinski definition) is 2. The molecule has 1 amide bonds. The first kappa shape index (κ1) is 14.5. The molecular weight excluding hydrogens is 230 g/mol. The number of carbonyl (C=O) groups is 1. The first-order valence-electron chi connectivity index (χ1n) is 6.07. The number of aryl methyl sites for hydroxylation is 2. The zero-order valence-electron chi connectivity index (χ0n) is 11.4. The van der Waals surface area contributed by atoms with Crippen LogP contribution in [0.4, 0.5) is 5.69 Å². The molecule has 1 rings (SSSR count). The normalized spacial score (nSPS) is 12.2. The van der Waals surface area contributed by atoms with E-state index in [-0.39, 0.29) is 17.8 Å². The van der Waals surface area contributed by atoms with Gasteiger partial charge >= 0.3 is 0 Å². The van der Waals surface area contributed by atoms with Gasteiger partial charge in [0.15, 0.2) is 0 Å². The highest BCUT2D eigenvalue weighted by molar-refractivity contribution is 5.91. The second-order valence-corrected chi connectivity index (χ2v) is 4.59. The van der Waals surface area contributed by atoms with Gasteiger partial charge in [-0.2, -0.15) is 0 Å². The van der Waals surface area contributed by atoms with E-state index in [1.807, 2.05) is 13.8 Å². The van der Waals surface area contributed by atoms with Gasteiger partial charge in [-0.1, -0.05) is 0 Å². The van der Waals surface area contributed by atoms with Crippen LogP contribution in [-0.4, -0.2) is 24.2 Å². The van der Waals surface area contributed by atoms with Crippen molar-refractivity contribution in [1.82, 2.24) is 0 Å². The Kier molecular flexibility index (Phi) is 5.16. The van der Waals surface area contributed by atoms with Gasteiger partial charge in [-0.25, -0.2) is 0 Å². The fourth-order valence-electron chi connectivity index (χ4n) is 1.60. The fourth-order valence-corrected chi connectivity index (χ4v) is 1.60. The number of phenolic OH excluding ortho intramolecular Hbond substituents is 1. The number of hydrogen-bond acceptors (Lipinski definition) is 3. The van der Waals surface area contributed by atoms with E-state index < -0.39 is 0 Å². The molecule has 1 aromatic rings. The number of anilines is 1. The Balaban J connectivity index is 2.62. The largest absolute Gasteiger partial charge is 0.508 e. The molecule has 2 N–H and O–H groups in total. The van der Waals surface area contributed by atoms with E-state index in [0.29, 0.717) is 12.8 Å². The van der Waals surface area contributed by atoms with Crippen molar-refractivity contribution in [3.05, 3.63) is 23.3 Å². The lowest BCUT2D eigenvalue weighted by molar-refractivity contribution is -0.116. The molecule has 0 saturated carbocycles. The Morgan fingerprint density at radius 1 is 1.39 bits per heavy atom. The molecule has 0 aliphatic heterocycles. The number of methoxy groups -OCH3 is 1. The topological polar surface area (TPSA) is 58.6 Å². The van der Waals surface area contributed by atoms with Crippen molar-refractivity contribution in [2.75, 3.05) is 12.4 Å². The number of aromatic hydroxyl groups is 1. The molecule has 18 heavy (non-hydrogen) atoms. The van der Waals surface area contributed by atoms with E-state index in [2.05, 4.69) is 5.32 Å². The van der Waals surface area contributed by atoms with Gasteiger partial charge in [-0.05, 0) is 50.5 Å². The first-order chi connectivity index (χ1) is 8.43. The van der Waals surface area contributed by atoms with Crippen molar-refractivity contribution in [2.45, 2.75) is 39.7 Å². The number of nitrogens with one attached hydrogen (secondary N) is 1. The first-order valence-corrected chi connectivity index (χ1v) is 6.07. The molecule has 0 heterocycles. The van der Waals surface area contributed by atoms with Crippen LogP contribution >= 0.6 is 0 Å². The second kappa shape index (κ2) is 6.40. The maximum absolute atomic E-state index is 11.8. The highest BCUT2D eigenvalue weighted by Gasteiger charge is 2.09. The van der Waals surface area contributed by atoms with Crippen molar-refractivity contribution < 1.29 is 14.6 Å². The van der Waals surface area contributed by atoms with Crippen molar-refractivity contribution in [2.24, 2.45) is 0 Å². The molecule has 0 aliphatic rings. The third-order valence-corrected chi connectivity index (χ3v) is 3.00. The molecular formula is C14H21NO3. The molecule has 4 nitrogen and oxygen atoms in total. The summed E-state index contributed by atoms with van der Waals surface area (Å²) in [6, 6.07) is 3.44. The van der Waals surface area contributed by atoms with Gasteiger partial charge in [0.2, 0.25) is 5.91 Å². The maximum Gasteiger partial charge on any atom is 0.224 e. The summed E-state index contributed by atoms with van der Waals surface area (Å²) in [6.07, 6.45) is 1.20. The average Bonchev–Trinajstić information content (AvgIpc) is 2.33. The van der Waals surface area contributed by atoms with Crippen LogP contribution in [-0.2, 0) is 9.53 Å². The third kappa shape index (κ3) is 4.04. The van der Waals surface area contributed by atoms with Crippen LogP contribution in [0.2, 0.25) is 0 Å². The van der Waals surface area contributed by atoms with Crippen LogP contribution in [0.1, 0.15) is 30.9 Å². The van der Waals surface area contributed by atoms with E-state index in [0.717, 1.165) is 16.8 Å². The van der Waals surface area contributed by atoms with E-state index in [4.69, 9.17) is 4.74 Å². The molecule has 0 spiro atoms. The van der Waals surface area contributed by atoms with Gasteiger partial charge in [-0.3, -0.25) is 4.79 Å². The number of phenols is 1. The predicted octanol–water partition coefficient (Wildman–Crippen LogP) is 2.76. The van der Waals surface area contributed by atoms with Crippen molar-refractivity contribution >= 4 is 11.6 Å². The molecule has 100 valence electrons. The molecule has 1 unspecified atom stereocenters. The lowest BCUT2D eigenvalue weighted by Crippen LogP contribution is -2.15. The minimum absolute atomic E-state index is 0.0351. The van der Waals surface area contributed by atoms with E-state index >= 15 is 0 Å². The Morgan fingerprint density at radius 3 is 2.67 bits per heavy atom. The lowest BCUT2D eigenvalue weighted by atomic mass is 10.1. The van der Waals surface area contributed by atoms with Gasteiger partial charge < -0.3 is 15.2 Å². The average molecular weight is 251 g/mol. The van der Waals surface area contributed by atoms with Crippen LogP contribution in [0.3, 0.4) is 0 Å². The van der Waals surface area contributed by atoms with Crippen LogP contribution in [0.5, 0.6) is 5.75 Å². The predicted molar refractivity (Wildman–Crippen MR) is 71.9 cm³/mol. The van der Waals surface area contributed by atoms with Crippen LogP contribution in [0, 0.1) is 13.8 Å². The van der Waals surface area contributed by atoms with Crippen molar-refractivity contribution in [1.29, 1.82) is 0 Å². The summed E-state index contributed by atoms with van der Waals surface area (Å²) in [7, 11) is 1.63. The SMILES string of the molecule is COC(C)CCC(=O)Nc1cc(C)c(O)cc1C. The standard InChI is InChI=1S/C14H21NO3/c1-9-8-13(16)10(2)7-12(9)15-14(17)6-5-11(3)18-4/h7-8,11,16H,5-6H2,1-4H3,(H,15,17). The summed E-state index contributed by atoms with van der Waals surface area (Å²) in [5.74, 6) is 0.214. The summed E-state index contributed by atoms with van der Waals surface area (Å²) < 4.78 is 5.10. The van der Waals surface area contributed by atoms with Crippen molar-refractivity contribution in [3.8, 4) is 5.75 Å². The second-order valence-electron chi connectivity index (χ2n) is 4.59. The third-order valence-electron chi connectivity index (χ3n) is 3.00. The number of amides is 1. The molecule has 1 aromatic carbocycles. The summed E-state index contributed by atoms with van der Waals surface area (Å²) >= 11 is 0. The highest BCUT2D eigenvalue weighted by atomic mass is 16.5. The molecule has 4 heteroatoms. The summed E-state index contributed by atoms with van der Waals surface area (Å²) in [4.78, 5) is 11.8. The fraction of sp³-hybridized carbons (Fsp3) is 0.500. The summed E-state index contributed by atoms with van der Waals surface area (Å²) in [6.45, 7) is 5.59. The molecule has 0 aliphatic carbocycles. The van der Waals surface area contributed by atoms with Gasteiger partial charge in [0.05, 0.1) is 6.10 Å². The molecule has 1 atom stereocenters. The minimum atomic E-state index is -0.0351. The molecule has 0 saturated heterocycles. The van der Waals surface area contributed by atoms with Gasteiger partial charge in [0.1, 0.15) is 5.75 Å².